The maximum absolute atomic E-state index is 11.8. The SMILES string of the molecule is CN=C(NCc1ccc(N2CCCC2=O)cc1)NCc1ccc(OC)nc1. The molecule has 2 N–H and O–H groups in total. The molecule has 0 unspecified atom stereocenters. The lowest BCUT2D eigenvalue weighted by molar-refractivity contribution is -0.117. The Balaban J connectivity index is 1.49. The summed E-state index contributed by atoms with van der Waals surface area (Å²) in [6.07, 6.45) is 3.36. The van der Waals surface area contributed by atoms with Gasteiger partial charge in [-0.05, 0) is 29.7 Å². The highest BCUT2D eigenvalue weighted by molar-refractivity contribution is 5.95. The van der Waals surface area contributed by atoms with Crippen molar-refractivity contribution in [2.45, 2.75) is 25.9 Å². The van der Waals surface area contributed by atoms with Gasteiger partial charge in [-0.25, -0.2) is 4.98 Å². The van der Waals surface area contributed by atoms with E-state index in [-0.39, 0.29) is 5.91 Å². The molecule has 0 bridgehead atoms. The average Bonchev–Trinajstić information content (AvgIpc) is 3.15. The molecule has 2 aromatic rings. The van der Waals surface area contributed by atoms with Crippen molar-refractivity contribution in [2.24, 2.45) is 4.99 Å². The number of guanidine groups is 1. The summed E-state index contributed by atoms with van der Waals surface area (Å²) in [5, 5.41) is 6.55. The third-order valence-corrected chi connectivity index (χ3v) is 4.47. The third-order valence-electron chi connectivity index (χ3n) is 4.47. The first-order valence-electron chi connectivity index (χ1n) is 9.02. The van der Waals surface area contributed by atoms with Gasteiger partial charge in [0.25, 0.3) is 0 Å². The average molecular weight is 367 g/mol. The van der Waals surface area contributed by atoms with Crippen molar-refractivity contribution in [3.05, 3.63) is 53.7 Å². The van der Waals surface area contributed by atoms with Crippen LogP contribution in [0, 0.1) is 0 Å². The number of ether oxygens (including phenoxy) is 1. The lowest BCUT2D eigenvalue weighted by atomic mass is 10.2. The zero-order valence-electron chi connectivity index (χ0n) is 15.7. The van der Waals surface area contributed by atoms with Crippen LogP contribution in [0.25, 0.3) is 0 Å². The molecule has 1 amide bonds. The Morgan fingerprint density at radius 2 is 1.85 bits per heavy atom. The van der Waals surface area contributed by atoms with E-state index in [4.69, 9.17) is 4.74 Å². The Kier molecular flexibility index (Phi) is 6.25. The summed E-state index contributed by atoms with van der Waals surface area (Å²) >= 11 is 0. The molecule has 1 fully saturated rings. The first kappa shape index (κ1) is 18.7. The van der Waals surface area contributed by atoms with Crippen molar-refractivity contribution in [3.63, 3.8) is 0 Å². The van der Waals surface area contributed by atoms with E-state index >= 15 is 0 Å². The van der Waals surface area contributed by atoms with Crippen LogP contribution in [0.1, 0.15) is 24.0 Å². The van der Waals surface area contributed by atoms with E-state index in [1.54, 1.807) is 20.4 Å². The molecule has 7 nitrogen and oxygen atoms in total. The van der Waals surface area contributed by atoms with E-state index < -0.39 is 0 Å². The Morgan fingerprint density at radius 1 is 1.15 bits per heavy atom. The molecule has 7 heteroatoms. The van der Waals surface area contributed by atoms with Gasteiger partial charge in [-0.3, -0.25) is 9.79 Å². The van der Waals surface area contributed by atoms with Crippen molar-refractivity contribution in [2.75, 3.05) is 25.6 Å². The van der Waals surface area contributed by atoms with Crippen LogP contribution in [0.5, 0.6) is 5.88 Å². The summed E-state index contributed by atoms with van der Waals surface area (Å²) < 4.78 is 5.06. The molecule has 1 aliphatic rings. The van der Waals surface area contributed by atoms with E-state index in [1.165, 1.54) is 0 Å². The van der Waals surface area contributed by atoms with E-state index in [2.05, 4.69) is 20.6 Å². The predicted molar refractivity (Wildman–Crippen MR) is 106 cm³/mol. The molecule has 1 saturated heterocycles. The zero-order valence-corrected chi connectivity index (χ0v) is 15.7. The zero-order chi connectivity index (χ0) is 19.1. The van der Waals surface area contributed by atoms with Gasteiger partial charge in [0.05, 0.1) is 7.11 Å². The molecule has 1 aromatic heterocycles. The number of carbonyl (C=O) groups is 1. The number of carbonyl (C=O) groups excluding carboxylic acids is 1. The van der Waals surface area contributed by atoms with Gasteiger partial charge < -0.3 is 20.3 Å². The van der Waals surface area contributed by atoms with E-state index in [1.807, 2.05) is 41.3 Å². The van der Waals surface area contributed by atoms with Crippen LogP contribution in [-0.2, 0) is 17.9 Å². The summed E-state index contributed by atoms with van der Waals surface area (Å²) in [6, 6.07) is 11.9. The van der Waals surface area contributed by atoms with E-state index in [0.717, 1.165) is 29.8 Å². The minimum absolute atomic E-state index is 0.207. The van der Waals surface area contributed by atoms with Crippen molar-refractivity contribution < 1.29 is 9.53 Å². The number of nitrogens with one attached hydrogen (secondary N) is 2. The van der Waals surface area contributed by atoms with E-state index in [9.17, 15) is 4.79 Å². The Morgan fingerprint density at radius 3 is 2.41 bits per heavy atom. The minimum atomic E-state index is 0.207. The molecule has 0 spiro atoms. The number of methoxy groups -OCH3 is 1. The maximum atomic E-state index is 11.8. The number of aliphatic imine (C=N–C) groups is 1. The van der Waals surface area contributed by atoms with Gasteiger partial charge in [0.1, 0.15) is 0 Å². The maximum Gasteiger partial charge on any atom is 0.227 e. The number of nitrogens with zero attached hydrogens (tertiary/aromatic N) is 3. The van der Waals surface area contributed by atoms with Crippen LogP contribution < -0.4 is 20.3 Å². The normalized spacial score (nSPS) is 14.4. The lowest BCUT2D eigenvalue weighted by Crippen LogP contribution is -2.36. The summed E-state index contributed by atoms with van der Waals surface area (Å²) in [4.78, 5) is 22.1. The molecule has 0 aliphatic carbocycles. The fourth-order valence-electron chi connectivity index (χ4n) is 2.94. The second-order valence-electron chi connectivity index (χ2n) is 6.30. The van der Waals surface area contributed by atoms with Gasteiger partial charge in [-0.1, -0.05) is 18.2 Å². The second-order valence-corrected chi connectivity index (χ2v) is 6.30. The van der Waals surface area contributed by atoms with Crippen LogP contribution in [0.3, 0.4) is 0 Å². The van der Waals surface area contributed by atoms with Crippen LogP contribution in [0.2, 0.25) is 0 Å². The molecular formula is C20H25N5O2. The largest absolute Gasteiger partial charge is 0.481 e. The number of aromatic nitrogens is 1. The summed E-state index contributed by atoms with van der Waals surface area (Å²) in [5.41, 5.74) is 3.13. The van der Waals surface area contributed by atoms with Crippen molar-refractivity contribution >= 4 is 17.6 Å². The van der Waals surface area contributed by atoms with Crippen LogP contribution >= 0.6 is 0 Å². The second kappa shape index (κ2) is 9.02. The lowest BCUT2D eigenvalue weighted by Gasteiger charge is -2.16. The number of hydrogen-bond acceptors (Lipinski definition) is 4. The Bertz CT molecular complexity index is 787. The van der Waals surface area contributed by atoms with Gasteiger partial charge in [0.15, 0.2) is 5.96 Å². The molecular weight excluding hydrogens is 342 g/mol. The Labute approximate surface area is 159 Å². The topological polar surface area (TPSA) is 78.9 Å². The third kappa shape index (κ3) is 4.97. The van der Waals surface area contributed by atoms with Gasteiger partial charge in [-0.2, -0.15) is 0 Å². The van der Waals surface area contributed by atoms with Crippen molar-refractivity contribution in [1.82, 2.24) is 15.6 Å². The number of benzene rings is 1. The summed E-state index contributed by atoms with van der Waals surface area (Å²) in [5.74, 6) is 1.52. The first-order valence-corrected chi connectivity index (χ1v) is 9.02. The molecule has 0 saturated carbocycles. The molecule has 3 rings (SSSR count). The monoisotopic (exact) mass is 367 g/mol. The Hall–Kier alpha value is -3.09. The minimum Gasteiger partial charge on any atom is -0.481 e. The molecule has 2 heterocycles. The smallest absolute Gasteiger partial charge is 0.227 e. The highest BCUT2D eigenvalue weighted by Gasteiger charge is 2.21. The molecule has 1 aromatic carbocycles. The quantitative estimate of drug-likeness (QED) is 0.604. The molecule has 0 atom stereocenters. The van der Waals surface area contributed by atoms with Crippen LogP contribution in [0.15, 0.2) is 47.6 Å². The van der Waals surface area contributed by atoms with Crippen LogP contribution in [-0.4, -0.2) is 37.6 Å². The van der Waals surface area contributed by atoms with E-state index in [0.29, 0.717) is 31.3 Å². The number of hydrogen-bond donors (Lipinski definition) is 2. The van der Waals surface area contributed by atoms with Gasteiger partial charge in [0.2, 0.25) is 11.8 Å². The van der Waals surface area contributed by atoms with Crippen LogP contribution in [0.4, 0.5) is 5.69 Å². The molecule has 1 aliphatic heterocycles. The van der Waals surface area contributed by atoms with Gasteiger partial charge in [0, 0.05) is 51.1 Å². The highest BCUT2D eigenvalue weighted by atomic mass is 16.5. The number of pyridine rings is 1. The number of rotatable bonds is 6. The van der Waals surface area contributed by atoms with Crippen molar-refractivity contribution in [3.8, 4) is 5.88 Å². The molecule has 0 radical (unpaired) electrons. The number of anilines is 1. The summed E-state index contributed by atoms with van der Waals surface area (Å²) in [6.45, 7) is 2.08. The standard InChI is InChI=1S/C20H25N5O2/c1-21-20(24-14-16-7-10-18(27-2)22-13-16)23-12-15-5-8-17(9-6-15)25-11-3-4-19(25)26/h5-10,13H,3-4,11-12,14H2,1-2H3,(H2,21,23,24). The summed E-state index contributed by atoms with van der Waals surface area (Å²) in [7, 11) is 3.34. The van der Waals surface area contributed by atoms with Gasteiger partial charge >= 0.3 is 0 Å². The first-order chi connectivity index (χ1) is 13.2. The predicted octanol–water partition coefficient (Wildman–Crippen LogP) is 2.08. The van der Waals surface area contributed by atoms with Gasteiger partial charge in [-0.15, -0.1) is 0 Å². The molecule has 142 valence electrons. The fraction of sp³-hybridized carbons (Fsp3) is 0.350. The molecule has 27 heavy (non-hydrogen) atoms. The highest BCUT2D eigenvalue weighted by Crippen LogP contribution is 2.21. The van der Waals surface area contributed by atoms with Crippen molar-refractivity contribution in [1.29, 1.82) is 0 Å². The number of amides is 1. The fourth-order valence-corrected chi connectivity index (χ4v) is 2.94.